The maximum atomic E-state index is 5.75. The number of aromatic nitrogens is 2. The predicted molar refractivity (Wildman–Crippen MR) is 47.8 cm³/mol. The van der Waals surface area contributed by atoms with E-state index in [2.05, 4.69) is 21.5 Å². The van der Waals surface area contributed by atoms with E-state index in [0.717, 1.165) is 18.9 Å². The lowest BCUT2D eigenvalue weighted by Crippen LogP contribution is -2.16. The minimum absolute atomic E-state index is 0.525. The SMILES string of the molecule is CN1CCC(n2cncc2N)C1. The first-order valence-corrected chi connectivity index (χ1v) is 4.23. The molecule has 1 aliphatic rings. The maximum absolute atomic E-state index is 5.75. The van der Waals surface area contributed by atoms with E-state index >= 15 is 0 Å². The molecule has 12 heavy (non-hydrogen) atoms. The molecule has 1 unspecified atom stereocenters. The number of likely N-dealkylation sites (N-methyl/N-ethyl adjacent to an activating group) is 1. The van der Waals surface area contributed by atoms with Gasteiger partial charge in [0.25, 0.3) is 0 Å². The third-order valence-corrected chi connectivity index (χ3v) is 2.46. The average Bonchev–Trinajstić information content (AvgIpc) is 2.58. The average molecular weight is 166 g/mol. The first kappa shape index (κ1) is 7.61. The summed E-state index contributed by atoms with van der Waals surface area (Å²) in [5, 5.41) is 0. The molecule has 4 heteroatoms. The summed E-state index contributed by atoms with van der Waals surface area (Å²) < 4.78 is 2.06. The Morgan fingerprint density at radius 3 is 3.00 bits per heavy atom. The van der Waals surface area contributed by atoms with Gasteiger partial charge < -0.3 is 15.2 Å². The summed E-state index contributed by atoms with van der Waals surface area (Å²) in [5.74, 6) is 0.773. The van der Waals surface area contributed by atoms with Crippen molar-refractivity contribution in [2.24, 2.45) is 0 Å². The number of nitrogens with zero attached hydrogens (tertiary/aromatic N) is 3. The highest BCUT2D eigenvalue weighted by Gasteiger charge is 2.21. The van der Waals surface area contributed by atoms with Gasteiger partial charge in [0.15, 0.2) is 0 Å². The molecule has 0 aliphatic carbocycles. The van der Waals surface area contributed by atoms with Crippen molar-refractivity contribution in [3.8, 4) is 0 Å². The Kier molecular flexibility index (Phi) is 1.77. The summed E-state index contributed by atoms with van der Waals surface area (Å²) in [5.41, 5.74) is 5.75. The second-order valence-corrected chi connectivity index (χ2v) is 3.43. The molecule has 66 valence electrons. The van der Waals surface area contributed by atoms with Gasteiger partial charge in [-0.25, -0.2) is 4.98 Å². The van der Waals surface area contributed by atoms with Gasteiger partial charge in [-0.05, 0) is 20.0 Å². The minimum Gasteiger partial charge on any atom is -0.384 e. The third-order valence-electron chi connectivity index (χ3n) is 2.46. The number of likely N-dealkylation sites (tertiary alicyclic amines) is 1. The topological polar surface area (TPSA) is 47.1 Å². The molecule has 0 spiro atoms. The number of nitrogen functional groups attached to an aromatic ring is 1. The van der Waals surface area contributed by atoms with Gasteiger partial charge in [0.2, 0.25) is 0 Å². The third kappa shape index (κ3) is 1.18. The van der Waals surface area contributed by atoms with E-state index in [-0.39, 0.29) is 0 Å². The second-order valence-electron chi connectivity index (χ2n) is 3.43. The normalized spacial score (nSPS) is 24.9. The van der Waals surface area contributed by atoms with Crippen molar-refractivity contribution in [3.63, 3.8) is 0 Å². The number of hydrogen-bond acceptors (Lipinski definition) is 3. The molecule has 4 nitrogen and oxygen atoms in total. The first-order chi connectivity index (χ1) is 5.77. The van der Waals surface area contributed by atoms with Gasteiger partial charge in [-0.1, -0.05) is 0 Å². The summed E-state index contributed by atoms with van der Waals surface area (Å²) in [7, 11) is 2.13. The molecule has 1 atom stereocenters. The number of imidazole rings is 1. The monoisotopic (exact) mass is 166 g/mol. The lowest BCUT2D eigenvalue weighted by atomic mass is 10.2. The molecule has 0 aromatic carbocycles. The highest BCUT2D eigenvalue weighted by molar-refractivity contribution is 5.25. The molecular formula is C8H14N4. The minimum atomic E-state index is 0.525. The number of rotatable bonds is 1. The van der Waals surface area contributed by atoms with Gasteiger partial charge in [0.1, 0.15) is 5.82 Å². The smallest absolute Gasteiger partial charge is 0.123 e. The van der Waals surface area contributed by atoms with Crippen molar-refractivity contribution >= 4 is 5.82 Å². The molecule has 1 fully saturated rings. The zero-order valence-electron chi connectivity index (χ0n) is 7.27. The van der Waals surface area contributed by atoms with Gasteiger partial charge in [-0.15, -0.1) is 0 Å². The van der Waals surface area contributed by atoms with Crippen LogP contribution in [-0.2, 0) is 0 Å². The van der Waals surface area contributed by atoms with Crippen molar-refractivity contribution in [1.82, 2.24) is 14.5 Å². The van der Waals surface area contributed by atoms with E-state index in [1.807, 2.05) is 6.33 Å². The molecule has 2 N–H and O–H groups in total. The van der Waals surface area contributed by atoms with Gasteiger partial charge in [-0.2, -0.15) is 0 Å². The highest BCUT2D eigenvalue weighted by atomic mass is 15.2. The standard InChI is InChI=1S/C8H14N4/c1-11-3-2-7(5-11)12-6-10-4-8(12)9/h4,6-7H,2-3,5,9H2,1H3. The van der Waals surface area contributed by atoms with Crippen LogP contribution in [0.2, 0.25) is 0 Å². The fourth-order valence-corrected chi connectivity index (χ4v) is 1.76. The zero-order valence-corrected chi connectivity index (χ0v) is 7.27. The lowest BCUT2D eigenvalue weighted by Gasteiger charge is -2.13. The predicted octanol–water partition coefficient (Wildman–Crippen LogP) is 0.342. The lowest BCUT2D eigenvalue weighted by molar-refractivity contribution is 0.393. The van der Waals surface area contributed by atoms with Gasteiger partial charge in [-0.3, -0.25) is 0 Å². The van der Waals surface area contributed by atoms with Crippen LogP contribution in [0.4, 0.5) is 5.82 Å². The number of hydrogen-bond donors (Lipinski definition) is 1. The van der Waals surface area contributed by atoms with Gasteiger partial charge >= 0.3 is 0 Å². The number of anilines is 1. The van der Waals surface area contributed by atoms with E-state index in [0.29, 0.717) is 6.04 Å². The van der Waals surface area contributed by atoms with E-state index in [1.54, 1.807) is 6.20 Å². The zero-order chi connectivity index (χ0) is 8.55. The summed E-state index contributed by atoms with van der Waals surface area (Å²) in [6.45, 7) is 2.24. The Morgan fingerprint density at radius 2 is 2.50 bits per heavy atom. The molecule has 1 aromatic rings. The highest BCUT2D eigenvalue weighted by Crippen LogP contribution is 2.22. The molecule has 0 radical (unpaired) electrons. The van der Waals surface area contributed by atoms with Crippen LogP contribution in [0.1, 0.15) is 12.5 Å². The Balaban J connectivity index is 2.16. The van der Waals surface area contributed by atoms with E-state index in [1.165, 1.54) is 6.42 Å². The molecule has 1 aromatic heterocycles. The molecule has 0 saturated carbocycles. The van der Waals surface area contributed by atoms with E-state index in [9.17, 15) is 0 Å². The van der Waals surface area contributed by atoms with Crippen LogP contribution in [-0.4, -0.2) is 34.6 Å². The van der Waals surface area contributed by atoms with E-state index in [4.69, 9.17) is 5.73 Å². The van der Waals surface area contributed by atoms with Crippen LogP contribution in [0.5, 0.6) is 0 Å². The maximum Gasteiger partial charge on any atom is 0.123 e. The van der Waals surface area contributed by atoms with Gasteiger partial charge in [0, 0.05) is 6.54 Å². The molecule has 0 amide bonds. The van der Waals surface area contributed by atoms with Crippen molar-refractivity contribution in [3.05, 3.63) is 12.5 Å². The van der Waals surface area contributed by atoms with E-state index < -0.39 is 0 Å². The Bertz CT molecular complexity index is 268. The van der Waals surface area contributed by atoms with Crippen LogP contribution in [0, 0.1) is 0 Å². The van der Waals surface area contributed by atoms with Gasteiger partial charge in [0.05, 0.1) is 18.6 Å². The largest absolute Gasteiger partial charge is 0.384 e. The Hall–Kier alpha value is -1.03. The number of nitrogens with two attached hydrogens (primary N) is 1. The van der Waals surface area contributed by atoms with Crippen molar-refractivity contribution in [2.75, 3.05) is 25.9 Å². The molecule has 0 bridgehead atoms. The summed E-state index contributed by atoms with van der Waals surface area (Å²) in [6.07, 6.45) is 4.70. The fourth-order valence-electron chi connectivity index (χ4n) is 1.76. The molecule has 2 heterocycles. The first-order valence-electron chi connectivity index (χ1n) is 4.23. The second kappa shape index (κ2) is 2.79. The Labute approximate surface area is 72.0 Å². The summed E-state index contributed by atoms with van der Waals surface area (Å²) in [6, 6.07) is 0.525. The molecular weight excluding hydrogens is 152 g/mol. The summed E-state index contributed by atoms with van der Waals surface area (Å²) >= 11 is 0. The van der Waals surface area contributed by atoms with Crippen LogP contribution in [0.15, 0.2) is 12.5 Å². The van der Waals surface area contributed by atoms with Crippen LogP contribution >= 0.6 is 0 Å². The van der Waals surface area contributed by atoms with Crippen LogP contribution < -0.4 is 5.73 Å². The molecule has 2 rings (SSSR count). The quantitative estimate of drug-likeness (QED) is 0.654. The summed E-state index contributed by atoms with van der Waals surface area (Å²) in [4.78, 5) is 6.32. The fraction of sp³-hybridized carbons (Fsp3) is 0.625. The molecule has 1 aliphatic heterocycles. The molecule has 1 saturated heterocycles. The van der Waals surface area contributed by atoms with Crippen molar-refractivity contribution in [2.45, 2.75) is 12.5 Å². The van der Waals surface area contributed by atoms with Crippen LogP contribution in [0.25, 0.3) is 0 Å². The Morgan fingerprint density at radius 1 is 1.67 bits per heavy atom. The van der Waals surface area contributed by atoms with Crippen LogP contribution in [0.3, 0.4) is 0 Å². The van der Waals surface area contributed by atoms with Crippen molar-refractivity contribution < 1.29 is 0 Å². The van der Waals surface area contributed by atoms with Crippen molar-refractivity contribution in [1.29, 1.82) is 0 Å².